The fourth-order valence-corrected chi connectivity index (χ4v) is 1.60. The summed E-state index contributed by atoms with van der Waals surface area (Å²) < 4.78 is 10.1. The SMILES string of the molecule is COC1OC(CO)C(O)CC1(N)CO. The van der Waals surface area contributed by atoms with E-state index in [0.717, 1.165) is 0 Å². The van der Waals surface area contributed by atoms with Crippen LogP contribution < -0.4 is 5.73 Å². The van der Waals surface area contributed by atoms with Crippen LogP contribution in [0.3, 0.4) is 0 Å². The molecule has 5 N–H and O–H groups in total. The Balaban J connectivity index is 2.72. The van der Waals surface area contributed by atoms with Crippen molar-refractivity contribution in [2.45, 2.75) is 30.5 Å². The smallest absolute Gasteiger partial charge is 0.177 e. The van der Waals surface area contributed by atoms with E-state index < -0.39 is 24.0 Å². The largest absolute Gasteiger partial charge is 0.394 e. The second-order valence-corrected chi connectivity index (χ2v) is 3.59. The molecule has 1 fully saturated rings. The number of aliphatic hydroxyl groups excluding tert-OH is 3. The van der Waals surface area contributed by atoms with Crippen molar-refractivity contribution >= 4 is 0 Å². The van der Waals surface area contributed by atoms with Crippen LogP contribution in [0.1, 0.15) is 6.42 Å². The highest BCUT2D eigenvalue weighted by Crippen LogP contribution is 2.27. The summed E-state index contributed by atoms with van der Waals surface area (Å²) in [5, 5.41) is 27.5. The molecule has 0 aromatic rings. The zero-order valence-corrected chi connectivity index (χ0v) is 8.09. The standard InChI is InChI=1S/C8H17NO5/c1-13-7-8(9,4-11)2-5(12)6(3-10)14-7/h5-7,10-12H,2-4,9H2,1H3. The normalized spacial score (nSPS) is 43.9. The molecular weight excluding hydrogens is 190 g/mol. The van der Waals surface area contributed by atoms with Gasteiger partial charge >= 0.3 is 0 Å². The fraction of sp³-hybridized carbons (Fsp3) is 1.00. The second-order valence-electron chi connectivity index (χ2n) is 3.59. The number of hydrogen-bond acceptors (Lipinski definition) is 6. The molecule has 1 heterocycles. The van der Waals surface area contributed by atoms with E-state index in [1.807, 2.05) is 0 Å². The molecule has 0 amide bonds. The Hall–Kier alpha value is -0.240. The number of hydrogen-bond donors (Lipinski definition) is 4. The number of ether oxygens (including phenoxy) is 2. The van der Waals surface area contributed by atoms with Crippen LogP contribution in [0.5, 0.6) is 0 Å². The molecule has 4 unspecified atom stereocenters. The molecule has 0 radical (unpaired) electrons. The number of methoxy groups -OCH3 is 1. The maximum atomic E-state index is 9.52. The number of rotatable bonds is 3. The van der Waals surface area contributed by atoms with Crippen LogP contribution in [-0.4, -0.2) is 59.7 Å². The molecule has 6 nitrogen and oxygen atoms in total. The third kappa shape index (κ3) is 2.05. The van der Waals surface area contributed by atoms with Gasteiger partial charge in [0.1, 0.15) is 6.10 Å². The van der Waals surface area contributed by atoms with Crippen molar-refractivity contribution in [3.8, 4) is 0 Å². The average molecular weight is 207 g/mol. The van der Waals surface area contributed by atoms with Crippen molar-refractivity contribution < 1.29 is 24.8 Å². The predicted octanol–water partition coefficient (Wildman–Crippen LogP) is -2.21. The Kier molecular flexibility index (Phi) is 3.82. The van der Waals surface area contributed by atoms with Crippen LogP contribution in [0.4, 0.5) is 0 Å². The van der Waals surface area contributed by atoms with Gasteiger partial charge in [0.05, 0.1) is 24.9 Å². The topological polar surface area (TPSA) is 105 Å². The van der Waals surface area contributed by atoms with Crippen LogP contribution in [-0.2, 0) is 9.47 Å². The third-order valence-electron chi connectivity index (χ3n) is 2.47. The highest BCUT2D eigenvalue weighted by atomic mass is 16.7. The van der Waals surface area contributed by atoms with Gasteiger partial charge in [-0.3, -0.25) is 0 Å². The number of aliphatic hydroxyl groups is 3. The molecule has 1 aliphatic heterocycles. The van der Waals surface area contributed by atoms with Crippen LogP contribution in [0.25, 0.3) is 0 Å². The molecule has 6 heteroatoms. The van der Waals surface area contributed by atoms with Gasteiger partial charge in [-0.15, -0.1) is 0 Å². The lowest BCUT2D eigenvalue weighted by Gasteiger charge is -2.43. The van der Waals surface area contributed by atoms with E-state index in [1.165, 1.54) is 7.11 Å². The van der Waals surface area contributed by atoms with E-state index in [0.29, 0.717) is 0 Å². The minimum absolute atomic E-state index is 0.132. The van der Waals surface area contributed by atoms with Gasteiger partial charge in [-0.25, -0.2) is 0 Å². The zero-order valence-electron chi connectivity index (χ0n) is 8.09. The van der Waals surface area contributed by atoms with E-state index in [1.54, 1.807) is 0 Å². The summed E-state index contributed by atoms with van der Waals surface area (Å²) in [4.78, 5) is 0. The Labute approximate surface area is 82.2 Å². The summed E-state index contributed by atoms with van der Waals surface area (Å²) in [5.74, 6) is 0. The van der Waals surface area contributed by atoms with Crippen LogP contribution in [0, 0.1) is 0 Å². The Morgan fingerprint density at radius 1 is 1.57 bits per heavy atom. The number of nitrogens with two attached hydrogens (primary N) is 1. The van der Waals surface area contributed by atoms with Crippen molar-refractivity contribution in [2.24, 2.45) is 5.73 Å². The first-order valence-corrected chi connectivity index (χ1v) is 4.44. The Morgan fingerprint density at radius 2 is 2.21 bits per heavy atom. The summed E-state index contributed by atoms with van der Waals surface area (Å²) >= 11 is 0. The Bertz CT molecular complexity index is 191. The lowest BCUT2D eigenvalue weighted by atomic mass is 9.88. The molecule has 0 aromatic carbocycles. The second kappa shape index (κ2) is 4.52. The highest BCUT2D eigenvalue weighted by molar-refractivity contribution is 4.96. The molecule has 1 saturated heterocycles. The van der Waals surface area contributed by atoms with E-state index >= 15 is 0 Å². The van der Waals surface area contributed by atoms with Crippen LogP contribution in [0.2, 0.25) is 0 Å². The first-order chi connectivity index (χ1) is 6.57. The maximum Gasteiger partial charge on any atom is 0.177 e. The average Bonchev–Trinajstić information content (AvgIpc) is 2.18. The molecule has 0 aromatic heterocycles. The monoisotopic (exact) mass is 207 g/mol. The third-order valence-corrected chi connectivity index (χ3v) is 2.47. The van der Waals surface area contributed by atoms with Crippen molar-refractivity contribution in [1.29, 1.82) is 0 Å². The molecule has 14 heavy (non-hydrogen) atoms. The molecule has 0 aliphatic carbocycles. The molecule has 1 aliphatic rings. The molecule has 0 spiro atoms. The zero-order chi connectivity index (χ0) is 10.8. The lowest BCUT2D eigenvalue weighted by Crippen LogP contribution is -2.64. The maximum absolute atomic E-state index is 9.52. The summed E-state index contributed by atoms with van der Waals surface area (Å²) in [6.07, 6.45) is -2.27. The van der Waals surface area contributed by atoms with E-state index in [-0.39, 0.29) is 19.6 Å². The van der Waals surface area contributed by atoms with Gasteiger partial charge in [-0.05, 0) is 0 Å². The van der Waals surface area contributed by atoms with Gasteiger partial charge < -0.3 is 30.5 Å². The van der Waals surface area contributed by atoms with Crippen molar-refractivity contribution in [2.75, 3.05) is 20.3 Å². The Morgan fingerprint density at radius 3 is 2.64 bits per heavy atom. The first-order valence-electron chi connectivity index (χ1n) is 4.44. The molecule has 1 rings (SSSR count). The summed E-state index contributed by atoms with van der Waals surface area (Å²) in [5.41, 5.74) is 4.67. The molecular formula is C8H17NO5. The highest BCUT2D eigenvalue weighted by Gasteiger charge is 2.45. The van der Waals surface area contributed by atoms with E-state index in [2.05, 4.69) is 0 Å². The minimum Gasteiger partial charge on any atom is -0.394 e. The quantitative estimate of drug-likeness (QED) is 0.418. The van der Waals surface area contributed by atoms with E-state index in [4.69, 9.17) is 25.4 Å². The van der Waals surface area contributed by atoms with Crippen molar-refractivity contribution in [3.63, 3.8) is 0 Å². The van der Waals surface area contributed by atoms with E-state index in [9.17, 15) is 5.11 Å². The lowest BCUT2D eigenvalue weighted by molar-refractivity contribution is -0.257. The predicted molar refractivity (Wildman–Crippen MR) is 47.4 cm³/mol. The van der Waals surface area contributed by atoms with Gasteiger partial charge in [-0.1, -0.05) is 0 Å². The van der Waals surface area contributed by atoms with Gasteiger partial charge in [0.25, 0.3) is 0 Å². The van der Waals surface area contributed by atoms with Gasteiger partial charge in [0.15, 0.2) is 6.29 Å². The first kappa shape index (κ1) is 11.8. The molecule has 0 bridgehead atoms. The summed E-state index contributed by atoms with van der Waals surface area (Å²) in [6, 6.07) is 0. The van der Waals surface area contributed by atoms with Crippen LogP contribution in [0.15, 0.2) is 0 Å². The molecule has 84 valence electrons. The molecule has 4 atom stereocenters. The summed E-state index contributed by atoms with van der Waals surface area (Å²) in [6.45, 7) is -0.650. The van der Waals surface area contributed by atoms with Crippen molar-refractivity contribution in [1.82, 2.24) is 0 Å². The van der Waals surface area contributed by atoms with Gasteiger partial charge in [0.2, 0.25) is 0 Å². The summed E-state index contributed by atoms with van der Waals surface area (Å²) in [7, 11) is 1.40. The van der Waals surface area contributed by atoms with Gasteiger partial charge in [0, 0.05) is 13.5 Å². The minimum atomic E-state index is -1.11. The molecule has 0 saturated carbocycles. The fourth-order valence-electron chi connectivity index (χ4n) is 1.60. The van der Waals surface area contributed by atoms with Gasteiger partial charge in [-0.2, -0.15) is 0 Å². The van der Waals surface area contributed by atoms with Crippen molar-refractivity contribution in [3.05, 3.63) is 0 Å². The van der Waals surface area contributed by atoms with Crippen LogP contribution >= 0.6 is 0 Å².